The topological polar surface area (TPSA) is 20.3 Å². The fourth-order valence-corrected chi connectivity index (χ4v) is 2.23. The number of carbonyl (C=O) groups excluding carboxylic acids is 1. The van der Waals surface area contributed by atoms with Crippen molar-refractivity contribution >= 4 is 28.3 Å². The molecule has 0 saturated heterocycles. The SMILES string of the molecule is CN(c1ccc(C=O)s1)c1ccccc1F. The zero-order valence-electron chi connectivity index (χ0n) is 8.68. The van der Waals surface area contributed by atoms with Gasteiger partial charge in [-0.1, -0.05) is 12.1 Å². The molecule has 2 rings (SSSR count). The van der Waals surface area contributed by atoms with Crippen LogP contribution in [0.2, 0.25) is 0 Å². The van der Waals surface area contributed by atoms with Crippen LogP contribution in [0.3, 0.4) is 0 Å². The van der Waals surface area contributed by atoms with Gasteiger partial charge in [-0.2, -0.15) is 0 Å². The summed E-state index contributed by atoms with van der Waals surface area (Å²) in [4.78, 5) is 12.9. The Kier molecular flexibility index (Phi) is 3.01. The molecule has 0 spiro atoms. The van der Waals surface area contributed by atoms with Crippen LogP contribution in [0.25, 0.3) is 0 Å². The van der Waals surface area contributed by atoms with Crippen LogP contribution in [0, 0.1) is 5.82 Å². The largest absolute Gasteiger partial charge is 0.334 e. The van der Waals surface area contributed by atoms with Crippen molar-refractivity contribution < 1.29 is 9.18 Å². The number of rotatable bonds is 3. The Balaban J connectivity index is 2.35. The molecule has 0 radical (unpaired) electrons. The van der Waals surface area contributed by atoms with E-state index in [1.54, 1.807) is 42.3 Å². The Morgan fingerprint density at radius 2 is 2.00 bits per heavy atom. The number of para-hydroxylation sites is 1. The van der Waals surface area contributed by atoms with Crippen molar-refractivity contribution in [2.45, 2.75) is 0 Å². The van der Waals surface area contributed by atoms with E-state index in [0.717, 1.165) is 11.3 Å². The summed E-state index contributed by atoms with van der Waals surface area (Å²) in [5.74, 6) is -0.272. The first-order chi connectivity index (χ1) is 7.72. The van der Waals surface area contributed by atoms with E-state index in [9.17, 15) is 9.18 Å². The van der Waals surface area contributed by atoms with Gasteiger partial charge in [-0.3, -0.25) is 4.79 Å². The smallest absolute Gasteiger partial charge is 0.160 e. The van der Waals surface area contributed by atoms with Crippen LogP contribution in [-0.2, 0) is 0 Å². The zero-order chi connectivity index (χ0) is 11.5. The molecule has 0 aliphatic carbocycles. The molecular weight excluding hydrogens is 225 g/mol. The Labute approximate surface area is 96.9 Å². The fourth-order valence-electron chi connectivity index (χ4n) is 1.43. The van der Waals surface area contributed by atoms with Crippen molar-refractivity contribution in [1.29, 1.82) is 0 Å². The summed E-state index contributed by atoms with van der Waals surface area (Å²) >= 11 is 1.34. The second-order valence-corrected chi connectivity index (χ2v) is 4.40. The van der Waals surface area contributed by atoms with Crippen LogP contribution >= 0.6 is 11.3 Å². The van der Waals surface area contributed by atoms with Crippen LogP contribution in [0.5, 0.6) is 0 Å². The van der Waals surface area contributed by atoms with Gasteiger partial charge in [0, 0.05) is 7.05 Å². The van der Waals surface area contributed by atoms with E-state index < -0.39 is 0 Å². The van der Waals surface area contributed by atoms with Crippen molar-refractivity contribution in [2.24, 2.45) is 0 Å². The molecule has 82 valence electrons. The lowest BCUT2D eigenvalue weighted by molar-refractivity contribution is 0.112. The maximum atomic E-state index is 13.5. The minimum Gasteiger partial charge on any atom is -0.334 e. The van der Waals surface area contributed by atoms with Gasteiger partial charge in [-0.05, 0) is 24.3 Å². The van der Waals surface area contributed by atoms with Crippen LogP contribution in [0.15, 0.2) is 36.4 Å². The van der Waals surface area contributed by atoms with Crippen LogP contribution < -0.4 is 4.90 Å². The quantitative estimate of drug-likeness (QED) is 0.759. The number of halogens is 1. The molecule has 0 saturated carbocycles. The van der Waals surface area contributed by atoms with E-state index in [1.165, 1.54) is 17.4 Å². The Hall–Kier alpha value is -1.68. The molecule has 1 aromatic heterocycles. The van der Waals surface area contributed by atoms with Gasteiger partial charge in [0.2, 0.25) is 0 Å². The monoisotopic (exact) mass is 235 g/mol. The lowest BCUT2D eigenvalue weighted by Gasteiger charge is -2.17. The highest BCUT2D eigenvalue weighted by Gasteiger charge is 2.10. The summed E-state index contributed by atoms with van der Waals surface area (Å²) in [5.41, 5.74) is 0.502. The molecule has 0 unspecified atom stereocenters. The van der Waals surface area contributed by atoms with Crippen molar-refractivity contribution in [1.82, 2.24) is 0 Å². The normalized spacial score (nSPS) is 10.1. The minimum absolute atomic E-state index is 0.272. The molecule has 1 heterocycles. The van der Waals surface area contributed by atoms with Gasteiger partial charge in [0.25, 0.3) is 0 Å². The maximum absolute atomic E-state index is 13.5. The highest BCUT2D eigenvalue weighted by atomic mass is 32.1. The van der Waals surface area contributed by atoms with Crippen LogP contribution in [-0.4, -0.2) is 13.3 Å². The second-order valence-electron chi connectivity index (χ2n) is 3.30. The van der Waals surface area contributed by atoms with Crippen molar-refractivity contribution in [3.05, 3.63) is 47.1 Å². The van der Waals surface area contributed by atoms with Crippen LogP contribution in [0.1, 0.15) is 9.67 Å². The molecule has 0 aliphatic heterocycles. The van der Waals surface area contributed by atoms with Gasteiger partial charge in [0.15, 0.2) is 6.29 Å². The molecule has 4 heteroatoms. The molecule has 0 atom stereocenters. The van der Waals surface area contributed by atoms with E-state index in [4.69, 9.17) is 0 Å². The third kappa shape index (κ3) is 1.97. The molecule has 0 fully saturated rings. The molecule has 2 aromatic rings. The highest BCUT2D eigenvalue weighted by Crippen LogP contribution is 2.31. The number of anilines is 2. The zero-order valence-corrected chi connectivity index (χ0v) is 9.50. The fraction of sp³-hybridized carbons (Fsp3) is 0.0833. The summed E-state index contributed by atoms with van der Waals surface area (Å²) in [6, 6.07) is 10.1. The molecule has 1 aromatic carbocycles. The third-order valence-electron chi connectivity index (χ3n) is 2.27. The Morgan fingerprint density at radius 3 is 2.62 bits per heavy atom. The first-order valence-electron chi connectivity index (χ1n) is 4.75. The number of aldehydes is 1. The maximum Gasteiger partial charge on any atom is 0.160 e. The van der Waals surface area contributed by atoms with Gasteiger partial charge in [-0.15, -0.1) is 11.3 Å². The number of nitrogens with zero attached hydrogens (tertiary/aromatic N) is 1. The number of benzene rings is 1. The van der Waals surface area contributed by atoms with E-state index >= 15 is 0 Å². The summed E-state index contributed by atoms with van der Waals surface area (Å²) in [6.45, 7) is 0. The number of carbonyl (C=O) groups is 1. The molecular formula is C12H10FNOS. The first kappa shape index (κ1) is 10.8. The molecule has 0 bridgehead atoms. The van der Waals surface area contributed by atoms with Gasteiger partial charge in [-0.25, -0.2) is 4.39 Å². The lowest BCUT2D eigenvalue weighted by atomic mass is 10.3. The van der Waals surface area contributed by atoms with Crippen molar-refractivity contribution in [2.75, 3.05) is 11.9 Å². The molecule has 0 aliphatic rings. The van der Waals surface area contributed by atoms with Gasteiger partial charge in [0.05, 0.1) is 15.6 Å². The minimum atomic E-state index is -0.272. The standard InChI is InChI=1S/C12H10FNOS/c1-14(11-5-3-2-4-10(11)13)12-7-6-9(8-15)16-12/h2-8H,1H3. The summed E-state index contributed by atoms with van der Waals surface area (Å²) < 4.78 is 13.5. The summed E-state index contributed by atoms with van der Waals surface area (Å²) in [6.07, 6.45) is 0.795. The lowest BCUT2D eigenvalue weighted by Crippen LogP contribution is -2.09. The van der Waals surface area contributed by atoms with Gasteiger partial charge in [0.1, 0.15) is 5.82 Å². The summed E-state index contributed by atoms with van der Waals surface area (Å²) in [7, 11) is 1.78. The van der Waals surface area contributed by atoms with Crippen molar-refractivity contribution in [3.63, 3.8) is 0 Å². The predicted octanol–water partition coefficient (Wildman–Crippen LogP) is 3.47. The molecule has 0 amide bonds. The van der Waals surface area contributed by atoms with Gasteiger partial charge < -0.3 is 4.90 Å². The average Bonchev–Trinajstić information content (AvgIpc) is 2.77. The number of hydrogen-bond acceptors (Lipinski definition) is 3. The predicted molar refractivity (Wildman–Crippen MR) is 64.2 cm³/mol. The van der Waals surface area contributed by atoms with Crippen molar-refractivity contribution in [3.8, 4) is 0 Å². The Bertz CT molecular complexity index is 509. The average molecular weight is 235 g/mol. The van der Waals surface area contributed by atoms with Crippen LogP contribution in [0.4, 0.5) is 15.1 Å². The third-order valence-corrected chi connectivity index (χ3v) is 3.36. The van der Waals surface area contributed by atoms with E-state index in [-0.39, 0.29) is 5.82 Å². The molecule has 0 N–H and O–H groups in total. The van der Waals surface area contributed by atoms with Gasteiger partial charge >= 0.3 is 0 Å². The summed E-state index contributed by atoms with van der Waals surface area (Å²) in [5, 5.41) is 0.840. The van der Waals surface area contributed by atoms with E-state index in [0.29, 0.717) is 10.6 Å². The number of hydrogen-bond donors (Lipinski definition) is 0. The highest BCUT2D eigenvalue weighted by molar-refractivity contribution is 7.17. The van der Waals surface area contributed by atoms with E-state index in [2.05, 4.69) is 0 Å². The first-order valence-corrected chi connectivity index (χ1v) is 5.57. The molecule has 16 heavy (non-hydrogen) atoms. The number of thiophene rings is 1. The Morgan fingerprint density at radius 1 is 1.25 bits per heavy atom. The second kappa shape index (κ2) is 4.45. The van der Waals surface area contributed by atoms with E-state index in [1.807, 2.05) is 0 Å². The molecule has 2 nitrogen and oxygen atoms in total.